The summed E-state index contributed by atoms with van der Waals surface area (Å²) in [7, 11) is 1.27. The van der Waals surface area contributed by atoms with Crippen LogP contribution in [0.2, 0.25) is 18.1 Å². The lowest BCUT2D eigenvalue weighted by Crippen LogP contribution is -2.19. The summed E-state index contributed by atoms with van der Waals surface area (Å²) >= 11 is 0. The molecule has 0 bridgehead atoms. The first-order valence-corrected chi connectivity index (χ1v) is 9.38. The zero-order chi connectivity index (χ0) is 15.4. The Bertz CT molecular complexity index is 211. The minimum Gasteiger partial charge on any atom is -0.466 e. The molecular formula is C16H33O2Si. The van der Waals surface area contributed by atoms with Gasteiger partial charge in [-0.2, -0.15) is 0 Å². The molecule has 19 heavy (non-hydrogen) atoms. The first-order chi connectivity index (χ1) is 8.72. The molecule has 0 amide bonds. The standard InChI is InChI=1S/C12H27Si.C4H6O2/c1-10(2)7-13(8-11(3)4)9-12(5)6;1-3-4(5)6-2/h10-12H,7-9H2,1-6H3;3H,1H2,2H3. The van der Waals surface area contributed by atoms with Gasteiger partial charge in [-0.1, -0.05) is 66.3 Å². The van der Waals surface area contributed by atoms with Gasteiger partial charge in [-0.25, -0.2) is 4.79 Å². The summed E-state index contributed by atoms with van der Waals surface area (Å²) in [4.78, 5) is 9.84. The van der Waals surface area contributed by atoms with Crippen molar-refractivity contribution >= 4 is 14.8 Å². The van der Waals surface area contributed by atoms with Crippen LogP contribution < -0.4 is 0 Å². The van der Waals surface area contributed by atoms with Crippen LogP contribution in [-0.2, 0) is 9.53 Å². The Kier molecular flexibility index (Phi) is 13.6. The highest BCUT2D eigenvalue weighted by atomic mass is 28.3. The van der Waals surface area contributed by atoms with E-state index in [-0.39, 0.29) is 8.80 Å². The second-order valence-electron chi connectivity index (χ2n) is 6.27. The average molecular weight is 286 g/mol. The number of esters is 1. The lowest BCUT2D eigenvalue weighted by molar-refractivity contribution is -0.134. The fraction of sp³-hybridized carbons (Fsp3) is 0.812. The quantitative estimate of drug-likeness (QED) is 0.382. The van der Waals surface area contributed by atoms with Crippen molar-refractivity contribution in [3.05, 3.63) is 12.7 Å². The molecule has 0 aliphatic carbocycles. The third-order valence-corrected chi connectivity index (χ3v) is 6.64. The van der Waals surface area contributed by atoms with E-state index in [1.807, 2.05) is 0 Å². The van der Waals surface area contributed by atoms with Gasteiger partial charge in [-0.15, -0.1) is 0 Å². The van der Waals surface area contributed by atoms with E-state index in [0.717, 1.165) is 23.8 Å². The van der Waals surface area contributed by atoms with Gasteiger partial charge in [0.2, 0.25) is 0 Å². The summed E-state index contributed by atoms with van der Waals surface area (Å²) in [6.45, 7) is 17.4. The van der Waals surface area contributed by atoms with Crippen LogP contribution in [0.5, 0.6) is 0 Å². The molecule has 0 heterocycles. The van der Waals surface area contributed by atoms with E-state index in [4.69, 9.17) is 0 Å². The van der Waals surface area contributed by atoms with Gasteiger partial charge in [-0.05, 0) is 17.8 Å². The zero-order valence-electron chi connectivity index (χ0n) is 14.0. The van der Waals surface area contributed by atoms with Gasteiger partial charge in [0.25, 0.3) is 0 Å². The van der Waals surface area contributed by atoms with Crippen LogP contribution in [0.4, 0.5) is 0 Å². The van der Waals surface area contributed by atoms with E-state index in [1.165, 1.54) is 25.2 Å². The summed E-state index contributed by atoms with van der Waals surface area (Å²) in [5.74, 6) is 2.33. The SMILES string of the molecule is C=CC(=O)OC.CC(C)C[Si](CC(C)C)CC(C)C. The predicted molar refractivity (Wildman–Crippen MR) is 86.9 cm³/mol. The lowest BCUT2D eigenvalue weighted by Gasteiger charge is -2.20. The third-order valence-electron chi connectivity index (χ3n) is 2.46. The maximum atomic E-state index is 9.84. The number of carbonyl (C=O) groups is 1. The van der Waals surface area contributed by atoms with Crippen LogP contribution in [0, 0.1) is 17.8 Å². The van der Waals surface area contributed by atoms with Gasteiger partial charge in [0.1, 0.15) is 0 Å². The van der Waals surface area contributed by atoms with E-state index in [9.17, 15) is 4.79 Å². The Morgan fingerprint density at radius 3 is 1.42 bits per heavy atom. The molecule has 2 nitrogen and oxygen atoms in total. The van der Waals surface area contributed by atoms with Crippen LogP contribution in [0.3, 0.4) is 0 Å². The van der Waals surface area contributed by atoms with E-state index < -0.39 is 5.97 Å². The molecule has 113 valence electrons. The highest BCUT2D eigenvalue weighted by Crippen LogP contribution is 2.20. The summed E-state index contributed by atoms with van der Waals surface area (Å²) in [5, 5.41) is 0. The van der Waals surface area contributed by atoms with E-state index >= 15 is 0 Å². The summed E-state index contributed by atoms with van der Waals surface area (Å²) in [5.41, 5.74) is 0. The highest BCUT2D eigenvalue weighted by molar-refractivity contribution is 6.58. The van der Waals surface area contributed by atoms with Crippen molar-refractivity contribution in [1.29, 1.82) is 0 Å². The predicted octanol–water partition coefficient (Wildman–Crippen LogP) is 4.79. The molecule has 0 aromatic carbocycles. The average Bonchev–Trinajstić information content (AvgIpc) is 2.26. The number of methoxy groups -OCH3 is 1. The van der Waals surface area contributed by atoms with Crippen LogP contribution in [0.1, 0.15) is 41.5 Å². The number of carbonyl (C=O) groups excluding carboxylic acids is 1. The van der Waals surface area contributed by atoms with Crippen molar-refractivity contribution in [3.8, 4) is 0 Å². The second kappa shape index (κ2) is 12.5. The minimum atomic E-state index is -0.394. The summed E-state index contributed by atoms with van der Waals surface area (Å²) in [6.07, 6.45) is 1.11. The van der Waals surface area contributed by atoms with Crippen molar-refractivity contribution < 1.29 is 9.53 Å². The van der Waals surface area contributed by atoms with Crippen molar-refractivity contribution in [2.75, 3.05) is 7.11 Å². The molecule has 0 saturated carbocycles. The highest BCUT2D eigenvalue weighted by Gasteiger charge is 2.15. The second-order valence-corrected chi connectivity index (χ2v) is 9.00. The van der Waals surface area contributed by atoms with Gasteiger partial charge >= 0.3 is 5.97 Å². The van der Waals surface area contributed by atoms with Gasteiger partial charge in [0, 0.05) is 14.9 Å². The molecule has 0 N–H and O–H groups in total. The number of hydrogen-bond donors (Lipinski definition) is 0. The molecule has 0 spiro atoms. The normalized spacial score (nSPS) is 10.7. The summed E-state index contributed by atoms with van der Waals surface area (Å²) < 4.78 is 4.14. The molecule has 0 atom stereocenters. The third kappa shape index (κ3) is 17.4. The van der Waals surface area contributed by atoms with Gasteiger partial charge in [0.05, 0.1) is 7.11 Å². The van der Waals surface area contributed by atoms with Crippen molar-refractivity contribution in [2.45, 2.75) is 59.7 Å². The first kappa shape index (κ1) is 20.7. The van der Waals surface area contributed by atoms with Gasteiger partial charge < -0.3 is 4.74 Å². The fourth-order valence-corrected chi connectivity index (χ4v) is 6.03. The maximum absolute atomic E-state index is 9.84. The van der Waals surface area contributed by atoms with Crippen LogP contribution >= 0.6 is 0 Å². The van der Waals surface area contributed by atoms with Gasteiger partial charge in [0.15, 0.2) is 0 Å². The Labute approximate surface area is 122 Å². The van der Waals surface area contributed by atoms with Crippen molar-refractivity contribution in [2.24, 2.45) is 17.8 Å². The number of ether oxygens (including phenoxy) is 1. The molecule has 0 aromatic heterocycles. The largest absolute Gasteiger partial charge is 0.466 e. The number of hydrogen-bond acceptors (Lipinski definition) is 2. The minimum absolute atomic E-state index is 0.0432. The molecule has 0 rings (SSSR count). The molecule has 0 aliphatic rings. The topological polar surface area (TPSA) is 26.3 Å². The van der Waals surface area contributed by atoms with Crippen LogP contribution in [0.15, 0.2) is 12.7 Å². The maximum Gasteiger partial charge on any atom is 0.329 e. The van der Waals surface area contributed by atoms with E-state index in [2.05, 4.69) is 52.9 Å². The van der Waals surface area contributed by atoms with Crippen molar-refractivity contribution in [1.82, 2.24) is 0 Å². The Balaban J connectivity index is 0. The summed E-state index contributed by atoms with van der Waals surface area (Å²) in [6, 6.07) is 4.54. The molecule has 0 unspecified atom stereocenters. The van der Waals surface area contributed by atoms with E-state index in [1.54, 1.807) is 0 Å². The smallest absolute Gasteiger partial charge is 0.329 e. The molecule has 1 radical (unpaired) electrons. The molecule has 0 fully saturated rings. The molecule has 3 heteroatoms. The molecular weight excluding hydrogens is 252 g/mol. The Morgan fingerprint density at radius 2 is 1.32 bits per heavy atom. The van der Waals surface area contributed by atoms with Crippen LogP contribution in [-0.4, -0.2) is 21.9 Å². The van der Waals surface area contributed by atoms with Crippen LogP contribution in [0.25, 0.3) is 0 Å². The zero-order valence-corrected chi connectivity index (χ0v) is 15.0. The Morgan fingerprint density at radius 1 is 1.00 bits per heavy atom. The fourth-order valence-electron chi connectivity index (χ4n) is 2.07. The molecule has 0 saturated heterocycles. The van der Waals surface area contributed by atoms with Gasteiger partial charge in [-0.3, -0.25) is 0 Å². The monoisotopic (exact) mass is 285 g/mol. The molecule has 0 aromatic rings. The number of rotatable bonds is 7. The Hall–Kier alpha value is -0.573. The van der Waals surface area contributed by atoms with E-state index in [0.29, 0.717) is 0 Å². The first-order valence-electron chi connectivity index (χ1n) is 7.26. The molecule has 0 aliphatic heterocycles. The lowest BCUT2D eigenvalue weighted by atomic mass is 10.3. The van der Waals surface area contributed by atoms with Crippen molar-refractivity contribution in [3.63, 3.8) is 0 Å².